The minimum atomic E-state index is 0.567. The van der Waals surface area contributed by atoms with E-state index < -0.39 is 0 Å². The molecule has 5 heteroatoms. The van der Waals surface area contributed by atoms with Crippen LogP contribution >= 0.6 is 0 Å². The van der Waals surface area contributed by atoms with Crippen LogP contribution < -0.4 is 0 Å². The molecule has 0 atom stereocenters. The molecule has 0 aliphatic carbocycles. The first-order chi connectivity index (χ1) is 30.1. The molecule has 0 unspecified atom stereocenters. The Morgan fingerprint density at radius 3 is 1.49 bits per heavy atom. The number of rotatable bonds is 4. The number of benzene rings is 10. The zero-order valence-electron chi connectivity index (χ0n) is 32.5. The van der Waals surface area contributed by atoms with Gasteiger partial charge in [0.25, 0.3) is 0 Å². The van der Waals surface area contributed by atoms with E-state index in [1.165, 1.54) is 53.9 Å². The molecule has 2 heterocycles. The molecule has 0 radical (unpaired) electrons. The predicted octanol–water partition coefficient (Wildman–Crippen LogP) is 14.7. The van der Waals surface area contributed by atoms with Crippen molar-refractivity contribution >= 4 is 86.6 Å². The van der Waals surface area contributed by atoms with Gasteiger partial charge in [0.05, 0.1) is 11.6 Å². The van der Waals surface area contributed by atoms with Gasteiger partial charge in [0.2, 0.25) is 0 Å². The number of hydrogen-bond acceptors (Lipinski definition) is 5. The van der Waals surface area contributed by atoms with Crippen molar-refractivity contribution in [2.75, 3.05) is 0 Å². The molecular weight excluding hydrogens is 745 g/mol. The fourth-order valence-corrected chi connectivity index (χ4v) is 9.62. The van der Waals surface area contributed by atoms with Crippen LogP contribution in [0.25, 0.3) is 132 Å². The Bertz CT molecular complexity index is 4000. The summed E-state index contributed by atoms with van der Waals surface area (Å²) in [5.74, 6) is 1.72. The summed E-state index contributed by atoms with van der Waals surface area (Å²) in [5.41, 5.74) is 6.92. The fourth-order valence-electron chi connectivity index (χ4n) is 9.62. The Balaban J connectivity index is 1.11. The molecule has 61 heavy (non-hydrogen) atoms. The zero-order valence-corrected chi connectivity index (χ0v) is 32.5. The molecule has 11 aromatic carbocycles. The highest BCUT2D eigenvalue weighted by molar-refractivity contribution is 6.37. The van der Waals surface area contributed by atoms with Gasteiger partial charge in [-0.2, -0.15) is 5.26 Å². The summed E-state index contributed by atoms with van der Waals surface area (Å²) in [7, 11) is 0. The highest BCUT2D eigenvalue weighted by Crippen LogP contribution is 2.44. The lowest BCUT2D eigenvalue weighted by molar-refractivity contribution is 0.669. The minimum absolute atomic E-state index is 0.567. The van der Waals surface area contributed by atoms with Crippen LogP contribution in [0, 0.1) is 11.3 Å². The lowest BCUT2D eigenvalue weighted by Gasteiger charge is -2.17. The smallest absolute Gasteiger partial charge is 0.164 e. The van der Waals surface area contributed by atoms with Crippen LogP contribution in [0.4, 0.5) is 0 Å². The molecule has 0 aliphatic rings. The lowest BCUT2D eigenvalue weighted by Crippen LogP contribution is -2.00. The summed E-state index contributed by atoms with van der Waals surface area (Å²) < 4.78 is 6.22. The summed E-state index contributed by atoms with van der Waals surface area (Å²) in [6.45, 7) is 0. The number of fused-ring (bicyclic) bond motifs is 5. The van der Waals surface area contributed by atoms with Crippen molar-refractivity contribution in [1.82, 2.24) is 15.0 Å². The molecule has 2 aromatic heterocycles. The van der Waals surface area contributed by atoms with Crippen LogP contribution in [0.3, 0.4) is 0 Å². The topological polar surface area (TPSA) is 75.6 Å². The monoisotopic (exact) mass is 774 g/mol. The summed E-state index contributed by atoms with van der Waals surface area (Å²) in [5, 5.41) is 26.0. The Morgan fingerprint density at radius 1 is 0.328 bits per heavy atom. The second-order valence-corrected chi connectivity index (χ2v) is 15.8. The molecule has 0 N–H and O–H groups in total. The normalized spacial score (nSPS) is 11.9. The maximum absolute atomic E-state index is 9.43. The third kappa shape index (κ3) is 5.10. The molecule has 280 valence electrons. The summed E-state index contributed by atoms with van der Waals surface area (Å²) in [6, 6.07) is 66.0. The van der Waals surface area contributed by atoms with Gasteiger partial charge < -0.3 is 4.42 Å². The zero-order chi connectivity index (χ0) is 40.2. The van der Waals surface area contributed by atoms with Gasteiger partial charge in [-0.25, -0.2) is 15.0 Å². The Morgan fingerprint density at radius 2 is 0.820 bits per heavy atom. The second kappa shape index (κ2) is 12.8. The van der Waals surface area contributed by atoms with Crippen LogP contribution in [0.5, 0.6) is 0 Å². The number of hydrogen-bond donors (Lipinski definition) is 0. The van der Waals surface area contributed by atoms with Crippen molar-refractivity contribution in [1.29, 1.82) is 5.26 Å². The average Bonchev–Trinajstić information content (AvgIpc) is 3.70. The molecule has 0 spiro atoms. The standard InChI is InChI=1S/C56H30N4O/c57-31-32-17-19-33(20-18-32)37-10-3-11-39(27-37)54-58-55(40-25-26-49-46(29-40)42-12-1-2-16-48(42)61-49)60-56(59-54)41-28-38-24-23-36-8-5-14-44-43-13-4-7-34-21-22-35-9-6-15-45(52(35)50(34)43)47(30-41)53(38)51(36)44/h1-30H. The first kappa shape index (κ1) is 33.5. The second-order valence-electron chi connectivity index (χ2n) is 15.8. The first-order valence-corrected chi connectivity index (χ1v) is 20.4. The van der Waals surface area contributed by atoms with Crippen molar-refractivity contribution in [3.63, 3.8) is 0 Å². The van der Waals surface area contributed by atoms with E-state index in [-0.39, 0.29) is 0 Å². The number of furan rings is 1. The van der Waals surface area contributed by atoms with Gasteiger partial charge in [-0.05, 0) is 130 Å². The van der Waals surface area contributed by atoms with Gasteiger partial charge in [0, 0.05) is 27.5 Å². The third-order valence-corrected chi connectivity index (χ3v) is 12.4. The summed E-state index contributed by atoms with van der Waals surface area (Å²) in [6.07, 6.45) is 0. The molecule has 0 aliphatic heterocycles. The van der Waals surface area contributed by atoms with E-state index in [0.717, 1.165) is 60.5 Å². The first-order valence-electron chi connectivity index (χ1n) is 20.4. The molecule has 13 rings (SSSR count). The molecule has 0 fully saturated rings. The molecule has 0 saturated heterocycles. The quantitative estimate of drug-likeness (QED) is 0.166. The maximum atomic E-state index is 9.43. The van der Waals surface area contributed by atoms with Crippen molar-refractivity contribution in [2.45, 2.75) is 0 Å². The molecule has 5 nitrogen and oxygen atoms in total. The minimum Gasteiger partial charge on any atom is -0.456 e. The summed E-state index contributed by atoms with van der Waals surface area (Å²) in [4.78, 5) is 15.8. The highest BCUT2D eigenvalue weighted by atomic mass is 16.3. The van der Waals surface area contributed by atoms with Crippen LogP contribution in [-0.4, -0.2) is 15.0 Å². The van der Waals surface area contributed by atoms with Gasteiger partial charge in [-0.1, -0.05) is 127 Å². The number of para-hydroxylation sites is 1. The Kier molecular flexibility index (Phi) is 7.01. The number of aromatic nitrogens is 3. The molecule has 0 bridgehead atoms. The Labute approximate surface area is 348 Å². The third-order valence-electron chi connectivity index (χ3n) is 12.4. The van der Waals surface area contributed by atoms with Crippen LogP contribution in [0.1, 0.15) is 5.56 Å². The van der Waals surface area contributed by atoms with Gasteiger partial charge in [0.1, 0.15) is 11.2 Å². The molecular formula is C56H30N4O. The van der Waals surface area contributed by atoms with E-state index in [1.54, 1.807) is 0 Å². The van der Waals surface area contributed by atoms with E-state index >= 15 is 0 Å². The van der Waals surface area contributed by atoms with Crippen molar-refractivity contribution in [3.05, 3.63) is 188 Å². The molecule has 13 aromatic rings. The van der Waals surface area contributed by atoms with E-state index in [0.29, 0.717) is 23.0 Å². The average molecular weight is 775 g/mol. The van der Waals surface area contributed by atoms with E-state index in [9.17, 15) is 5.26 Å². The number of nitriles is 1. The van der Waals surface area contributed by atoms with Gasteiger partial charge in [-0.15, -0.1) is 0 Å². The van der Waals surface area contributed by atoms with E-state index in [2.05, 4.69) is 121 Å². The largest absolute Gasteiger partial charge is 0.456 e. The van der Waals surface area contributed by atoms with Crippen molar-refractivity contribution < 1.29 is 4.42 Å². The maximum Gasteiger partial charge on any atom is 0.164 e. The highest BCUT2D eigenvalue weighted by Gasteiger charge is 2.19. The van der Waals surface area contributed by atoms with Crippen LogP contribution in [0.15, 0.2) is 186 Å². The summed E-state index contributed by atoms with van der Waals surface area (Å²) >= 11 is 0. The van der Waals surface area contributed by atoms with Gasteiger partial charge >= 0.3 is 0 Å². The van der Waals surface area contributed by atoms with E-state index in [1.807, 2.05) is 66.7 Å². The van der Waals surface area contributed by atoms with Gasteiger partial charge in [-0.3, -0.25) is 0 Å². The molecule has 0 saturated carbocycles. The van der Waals surface area contributed by atoms with Crippen molar-refractivity contribution in [2.24, 2.45) is 0 Å². The predicted molar refractivity (Wildman–Crippen MR) is 250 cm³/mol. The number of nitrogens with zero attached hydrogens (tertiary/aromatic N) is 4. The SMILES string of the molecule is N#Cc1ccc(-c2cccc(-c3nc(-c4ccc5oc6ccccc6c5c4)nc(-c4cc5ccc6cccc7c8cccc9ccc%10cccc(c(c4)c5c67)c%10c98)n3)c2)cc1. The van der Waals surface area contributed by atoms with Gasteiger partial charge in [0.15, 0.2) is 17.5 Å². The molecule has 0 amide bonds. The van der Waals surface area contributed by atoms with Crippen LogP contribution in [-0.2, 0) is 0 Å². The van der Waals surface area contributed by atoms with Crippen LogP contribution in [0.2, 0.25) is 0 Å². The van der Waals surface area contributed by atoms with E-state index in [4.69, 9.17) is 19.4 Å². The fraction of sp³-hybridized carbons (Fsp3) is 0. The Hall–Kier alpha value is -8.46. The van der Waals surface area contributed by atoms with Crippen molar-refractivity contribution in [3.8, 4) is 51.4 Å². The lowest BCUT2D eigenvalue weighted by atomic mass is 9.87.